The quantitative estimate of drug-likeness (QED) is 0.687. The van der Waals surface area contributed by atoms with Crippen molar-refractivity contribution in [2.45, 2.75) is 25.7 Å². The Labute approximate surface area is 109 Å². The maximum absolute atomic E-state index is 11.9. The number of hydrogen-bond acceptors (Lipinski definition) is 3. The number of rotatable bonds is 7. The normalized spacial score (nSPS) is 15.7. The summed E-state index contributed by atoms with van der Waals surface area (Å²) in [5.74, 6) is 0.942. The van der Waals surface area contributed by atoms with Crippen molar-refractivity contribution in [2.75, 3.05) is 33.7 Å². The summed E-state index contributed by atoms with van der Waals surface area (Å²) in [4.78, 5) is 16.1. The van der Waals surface area contributed by atoms with E-state index in [0.717, 1.165) is 12.5 Å². The van der Waals surface area contributed by atoms with Gasteiger partial charge in [-0.15, -0.1) is 0 Å². The minimum atomic E-state index is 0.142. The Hall–Kier alpha value is -0.680. The van der Waals surface area contributed by atoms with Crippen LogP contribution in [0.15, 0.2) is 0 Å². The molecule has 0 unspecified atom stereocenters. The molecule has 5 heteroatoms. The zero-order chi connectivity index (χ0) is 12.8. The van der Waals surface area contributed by atoms with Crippen LogP contribution in [0.4, 0.5) is 0 Å². The third kappa shape index (κ3) is 5.46. The Morgan fingerprint density at radius 1 is 1.41 bits per heavy atom. The van der Waals surface area contributed by atoms with Crippen LogP contribution in [0, 0.1) is 5.92 Å². The molecule has 4 nitrogen and oxygen atoms in total. The monoisotopic (exact) mass is 257 g/mol. The number of carbonyl (C=O) groups excluding carboxylic acids is 1. The summed E-state index contributed by atoms with van der Waals surface area (Å²) < 4.78 is 0. The van der Waals surface area contributed by atoms with Gasteiger partial charge in [-0.1, -0.05) is 18.6 Å². The number of carbonyl (C=O) groups is 1. The number of nitrogens with zero attached hydrogens (tertiary/aromatic N) is 2. The van der Waals surface area contributed by atoms with Crippen molar-refractivity contribution in [2.24, 2.45) is 11.7 Å². The molecule has 0 aromatic heterocycles. The van der Waals surface area contributed by atoms with Crippen molar-refractivity contribution >= 4 is 23.1 Å². The molecule has 17 heavy (non-hydrogen) atoms. The minimum Gasteiger partial charge on any atom is -0.393 e. The number of amides is 1. The molecular formula is C12H23N3OS. The first-order valence-corrected chi connectivity index (χ1v) is 6.60. The van der Waals surface area contributed by atoms with Gasteiger partial charge in [0.2, 0.25) is 5.91 Å². The molecule has 0 aromatic rings. The average molecular weight is 257 g/mol. The van der Waals surface area contributed by atoms with E-state index < -0.39 is 0 Å². The van der Waals surface area contributed by atoms with Gasteiger partial charge >= 0.3 is 0 Å². The van der Waals surface area contributed by atoms with Crippen molar-refractivity contribution < 1.29 is 4.79 Å². The van der Waals surface area contributed by atoms with Gasteiger partial charge in [0.1, 0.15) is 0 Å². The van der Waals surface area contributed by atoms with Gasteiger partial charge in [-0.2, -0.15) is 0 Å². The van der Waals surface area contributed by atoms with Crippen LogP contribution in [0.25, 0.3) is 0 Å². The lowest BCUT2D eigenvalue weighted by molar-refractivity contribution is -0.130. The second-order valence-corrected chi connectivity index (χ2v) is 5.55. The van der Waals surface area contributed by atoms with E-state index in [9.17, 15) is 4.79 Å². The van der Waals surface area contributed by atoms with Crippen molar-refractivity contribution in [3.8, 4) is 0 Å². The van der Waals surface area contributed by atoms with Gasteiger partial charge in [0.05, 0.1) is 11.5 Å². The molecule has 1 amide bonds. The van der Waals surface area contributed by atoms with Gasteiger partial charge < -0.3 is 10.6 Å². The van der Waals surface area contributed by atoms with Crippen molar-refractivity contribution in [1.29, 1.82) is 0 Å². The molecule has 98 valence electrons. The molecular weight excluding hydrogens is 234 g/mol. The largest absolute Gasteiger partial charge is 0.393 e. The van der Waals surface area contributed by atoms with Crippen LogP contribution in [0.5, 0.6) is 0 Å². The van der Waals surface area contributed by atoms with Gasteiger partial charge in [-0.3, -0.25) is 9.69 Å². The Bertz CT molecular complexity index is 279. The number of hydrogen-bond donors (Lipinski definition) is 1. The van der Waals surface area contributed by atoms with Crippen LogP contribution in [0.3, 0.4) is 0 Å². The van der Waals surface area contributed by atoms with Crippen LogP contribution in [0.1, 0.15) is 25.7 Å². The van der Waals surface area contributed by atoms with E-state index in [2.05, 4.69) is 4.90 Å². The number of likely N-dealkylation sites (N-methyl/N-ethyl adjacent to an activating group) is 2. The zero-order valence-electron chi connectivity index (χ0n) is 10.8. The summed E-state index contributed by atoms with van der Waals surface area (Å²) in [6, 6.07) is 0. The smallest absolute Gasteiger partial charge is 0.236 e. The molecule has 1 aliphatic carbocycles. The topological polar surface area (TPSA) is 49.6 Å². The second kappa shape index (κ2) is 6.91. The van der Waals surface area contributed by atoms with Gasteiger partial charge in [-0.25, -0.2) is 0 Å². The fourth-order valence-corrected chi connectivity index (χ4v) is 2.03. The second-order valence-electron chi connectivity index (χ2n) is 5.03. The Morgan fingerprint density at radius 3 is 2.53 bits per heavy atom. The van der Waals surface area contributed by atoms with Crippen molar-refractivity contribution in [3.05, 3.63) is 0 Å². The van der Waals surface area contributed by atoms with E-state index in [1.54, 1.807) is 11.9 Å². The predicted molar refractivity (Wildman–Crippen MR) is 73.9 cm³/mol. The molecule has 1 aliphatic rings. The van der Waals surface area contributed by atoms with Gasteiger partial charge in [0.25, 0.3) is 0 Å². The summed E-state index contributed by atoms with van der Waals surface area (Å²) in [6.45, 7) is 2.14. The Morgan fingerprint density at radius 2 is 2.06 bits per heavy atom. The first kappa shape index (κ1) is 14.4. The minimum absolute atomic E-state index is 0.142. The molecule has 0 spiro atoms. The van der Waals surface area contributed by atoms with E-state index in [4.69, 9.17) is 18.0 Å². The lowest BCUT2D eigenvalue weighted by Crippen LogP contribution is -2.40. The maximum atomic E-state index is 11.9. The summed E-state index contributed by atoms with van der Waals surface area (Å²) >= 11 is 4.80. The molecule has 2 N–H and O–H groups in total. The number of thiocarbonyl (C=S) groups is 1. The molecule has 1 saturated carbocycles. The number of nitrogens with two attached hydrogens (primary N) is 1. The van der Waals surface area contributed by atoms with E-state index in [1.807, 2.05) is 7.05 Å². The predicted octanol–water partition coefficient (Wildman–Crippen LogP) is 0.853. The van der Waals surface area contributed by atoms with Crippen LogP contribution in [-0.2, 0) is 4.79 Å². The molecule has 1 fully saturated rings. The van der Waals surface area contributed by atoms with E-state index >= 15 is 0 Å². The van der Waals surface area contributed by atoms with Gasteiger partial charge in [0, 0.05) is 26.6 Å². The molecule has 0 aromatic carbocycles. The average Bonchev–Trinajstić information content (AvgIpc) is 2.19. The van der Waals surface area contributed by atoms with Crippen LogP contribution < -0.4 is 5.73 Å². The molecule has 0 radical (unpaired) electrons. The highest BCUT2D eigenvalue weighted by Crippen LogP contribution is 2.26. The summed E-state index contributed by atoms with van der Waals surface area (Å²) in [5.41, 5.74) is 5.42. The van der Waals surface area contributed by atoms with Crippen LogP contribution in [0.2, 0.25) is 0 Å². The Kier molecular flexibility index (Phi) is 5.85. The van der Waals surface area contributed by atoms with Gasteiger partial charge in [0.15, 0.2) is 0 Å². The SMILES string of the molecule is CN(CC(=O)N(C)CCC(N)=S)CC1CCC1. The fourth-order valence-electron chi connectivity index (χ4n) is 1.93. The first-order valence-electron chi connectivity index (χ1n) is 6.20. The fraction of sp³-hybridized carbons (Fsp3) is 0.833. The molecule has 0 atom stereocenters. The third-order valence-corrected chi connectivity index (χ3v) is 3.52. The molecule has 1 rings (SSSR count). The van der Waals surface area contributed by atoms with Crippen molar-refractivity contribution in [1.82, 2.24) is 9.80 Å². The highest BCUT2D eigenvalue weighted by atomic mass is 32.1. The lowest BCUT2D eigenvalue weighted by Gasteiger charge is -2.30. The van der Waals surface area contributed by atoms with E-state index in [-0.39, 0.29) is 5.91 Å². The standard InChI is InChI=1S/C12H23N3OS/c1-14(8-10-4-3-5-10)9-12(16)15(2)7-6-11(13)17/h10H,3-9H2,1-2H3,(H2,13,17). The zero-order valence-corrected chi connectivity index (χ0v) is 11.6. The van der Waals surface area contributed by atoms with Crippen LogP contribution in [-0.4, -0.2) is 54.4 Å². The molecule has 0 heterocycles. The highest BCUT2D eigenvalue weighted by molar-refractivity contribution is 7.80. The van der Waals surface area contributed by atoms with Crippen LogP contribution >= 0.6 is 12.2 Å². The maximum Gasteiger partial charge on any atom is 0.236 e. The van der Waals surface area contributed by atoms with Gasteiger partial charge in [-0.05, 0) is 25.8 Å². The molecule has 0 aliphatic heterocycles. The Balaban J connectivity index is 2.19. The summed E-state index contributed by atoms with van der Waals surface area (Å²) in [7, 11) is 3.81. The first-order chi connectivity index (χ1) is 7.99. The van der Waals surface area contributed by atoms with E-state index in [1.165, 1.54) is 19.3 Å². The molecule has 0 bridgehead atoms. The summed E-state index contributed by atoms with van der Waals surface area (Å²) in [5, 5.41) is 0. The van der Waals surface area contributed by atoms with Crippen molar-refractivity contribution in [3.63, 3.8) is 0 Å². The highest BCUT2D eigenvalue weighted by Gasteiger charge is 2.20. The lowest BCUT2D eigenvalue weighted by atomic mass is 9.85. The third-order valence-electron chi connectivity index (χ3n) is 3.32. The van der Waals surface area contributed by atoms with E-state index in [0.29, 0.717) is 24.5 Å². The molecule has 0 saturated heterocycles. The summed E-state index contributed by atoms with van der Waals surface area (Å²) in [6.07, 6.45) is 4.58.